The molecule has 0 aromatic heterocycles. The van der Waals surface area contributed by atoms with Crippen LogP contribution in [0.2, 0.25) is 0 Å². The molecular formula is C18H21BrO. The highest BCUT2D eigenvalue weighted by molar-refractivity contribution is 9.10. The van der Waals surface area contributed by atoms with Crippen LogP contribution in [0, 0.1) is 20.8 Å². The number of hydrogen-bond donors (Lipinski definition) is 1. The fourth-order valence-electron chi connectivity index (χ4n) is 2.73. The molecule has 0 fully saturated rings. The summed E-state index contributed by atoms with van der Waals surface area (Å²) in [6.07, 6.45) is 1.07. The van der Waals surface area contributed by atoms with Crippen molar-refractivity contribution in [3.05, 3.63) is 68.7 Å². The maximum Gasteiger partial charge on any atom is 0.0621 e. The molecule has 0 amide bonds. The van der Waals surface area contributed by atoms with E-state index in [4.69, 9.17) is 0 Å². The molecule has 0 bridgehead atoms. The molecule has 1 nitrogen and oxygen atoms in total. The predicted molar refractivity (Wildman–Crippen MR) is 88.2 cm³/mol. The average molecular weight is 333 g/mol. The lowest BCUT2D eigenvalue weighted by Gasteiger charge is -2.16. The molecule has 0 aliphatic rings. The summed E-state index contributed by atoms with van der Waals surface area (Å²) < 4.78 is 1.07. The molecule has 2 rings (SSSR count). The van der Waals surface area contributed by atoms with E-state index in [0.29, 0.717) is 12.8 Å². The van der Waals surface area contributed by atoms with E-state index in [0.717, 1.165) is 4.47 Å². The molecule has 0 saturated heterocycles. The Bertz CT molecular complexity index is 564. The number of rotatable bonds is 4. The van der Waals surface area contributed by atoms with Crippen LogP contribution in [0.4, 0.5) is 0 Å². The van der Waals surface area contributed by atoms with Gasteiger partial charge in [-0.3, -0.25) is 0 Å². The predicted octanol–water partition coefficient (Wildman–Crippen LogP) is 4.52. The first-order valence-electron chi connectivity index (χ1n) is 6.95. The topological polar surface area (TPSA) is 20.2 Å². The second kappa shape index (κ2) is 6.55. The second-order valence-corrected chi connectivity index (χ2v) is 6.48. The monoisotopic (exact) mass is 332 g/mol. The van der Waals surface area contributed by atoms with Crippen LogP contribution in [0.15, 0.2) is 40.9 Å². The molecule has 1 unspecified atom stereocenters. The lowest BCUT2D eigenvalue weighted by atomic mass is 9.93. The summed E-state index contributed by atoms with van der Waals surface area (Å²) in [6.45, 7) is 6.37. The van der Waals surface area contributed by atoms with Gasteiger partial charge in [-0.05, 0) is 68.0 Å². The van der Waals surface area contributed by atoms with Gasteiger partial charge in [0.15, 0.2) is 0 Å². The molecule has 0 heterocycles. The highest BCUT2D eigenvalue weighted by Crippen LogP contribution is 2.20. The summed E-state index contributed by atoms with van der Waals surface area (Å²) in [4.78, 5) is 0. The van der Waals surface area contributed by atoms with Crippen molar-refractivity contribution in [2.75, 3.05) is 0 Å². The van der Waals surface area contributed by atoms with Gasteiger partial charge in [0.1, 0.15) is 0 Å². The molecule has 1 N–H and O–H groups in total. The van der Waals surface area contributed by atoms with Crippen LogP contribution < -0.4 is 0 Å². The van der Waals surface area contributed by atoms with Crippen LogP contribution in [0.5, 0.6) is 0 Å². The summed E-state index contributed by atoms with van der Waals surface area (Å²) in [5.41, 5.74) is 6.28. The van der Waals surface area contributed by atoms with Gasteiger partial charge in [0.2, 0.25) is 0 Å². The van der Waals surface area contributed by atoms with Crippen molar-refractivity contribution in [1.29, 1.82) is 0 Å². The van der Waals surface area contributed by atoms with Gasteiger partial charge in [-0.1, -0.05) is 45.8 Å². The summed E-state index contributed by atoms with van der Waals surface area (Å²) in [5, 5.41) is 10.3. The van der Waals surface area contributed by atoms with Gasteiger partial charge in [-0.25, -0.2) is 0 Å². The first-order chi connectivity index (χ1) is 9.45. The van der Waals surface area contributed by atoms with E-state index in [1.807, 2.05) is 12.1 Å². The zero-order valence-electron chi connectivity index (χ0n) is 12.3. The third-order valence-electron chi connectivity index (χ3n) is 3.66. The lowest BCUT2D eigenvalue weighted by molar-refractivity contribution is 0.175. The minimum atomic E-state index is -0.337. The fourth-order valence-corrected chi connectivity index (χ4v) is 3.00. The molecular weight excluding hydrogens is 312 g/mol. The van der Waals surface area contributed by atoms with Gasteiger partial charge in [-0.2, -0.15) is 0 Å². The second-order valence-electron chi connectivity index (χ2n) is 5.57. The normalized spacial score (nSPS) is 12.4. The Labute approximate surface area is 129 Å². The standard InChI is InChI=1S/C18H21BrO/c1-12-8-13(2)18(14(3)9-12)11-17(20)10-15-4-6-16(19)7-5-15/h4-9,17,20H,10-11H2,1-3H3. The van der Waals surface area contributed by atoms with Crippen molar-refractivity contribution in [2.45, 2.75) is 39.7 Å². The Morgan fingerprint density at radius 1 is 0.950 bits per heavy atom. The van der Waals surface area contributed by atoms with Crippen LogP contribution >= 0.6 is 15.9 Å². The molecule has 1 atom stereocenters. The molecule has 2 heteroatoms. The minimum Gasteiger partial charge on any atom is -0.392 e. The highest BCUT2D eigenvalue weighted by atomic mass is 79.9. The van der Waals surface area contributed by atoms with Gasteiger partial charge in [0.05, 0.1) is 6.10 Å². The SMILES string of the molecule is Cc1cc(C)c(CC(O)Cc2ccc(Br)cc2)c(C)c1. The third-order valence-corrected chi connectivity index (χ3v) is 4.19. The molecule has 0 radical (unpaired) electrons. The van der Waals surface area contributed by atoms with Crippen LogP contribution in [-0.4, -0.2) is 11.2 Å². The molecule has 106 valence electrons. The third kappa shape index (κ3) is 3.94. The van der Waals surface area contributed by atoms with Gasteiger partial charge < -0.3 is 5.11 Å². The number of aryl methyl sites for hydroxylation is 3. The molecule has 0 spiro atoms. The fraction of sp³-hybridized carbons (Fsp3) is 0.333. The van der Waals surface area contributed by atoms with Crippen LogP contribution in [0.3, 0.4) is 0 Å². The zero-order valence-corrected chi connectivity index (χ0v) is 13.9. The van der Waals surface area contributed by atoms with Gasteiger partial charge in [0, 0.05) is 4.47 Å². The number of benzene rings is 2. The van der Waals surface area contributed by atoms with E-state index in [1.54, 1.807) is 0 Å². The zero-order chi connectivity index (χ0) is 14.7. The Balaban J connectivity index is 2.08. The van der Waals surface area contributed by atoms with E-state index in [-0.39, 0.29) is 6.10 Å². The molecule has 0 saturated carbocycles. The first kappa shape index (κ1) is 15.3. The van der Waals surface area contributed by atoms with Crippen molar-refractivity contribution in [3.63, 3.8) is 0 Å². The Morgan fingerprint density at radius 2 is 1.50 bits per heavy atom. The van der Waals surface area contributed by atoms with Gasteiger partial charge in [-0.15, -0.1) is 0 Å². The Morgan fingerprint density at radius 3 is 2.05 bits per heavy atom. The van der Waals surface area contributed by atoms with Crippen molar-refractivity contribution >= 4 is 15.9 Å². The van der Waals surface area contributed by atoms with E-state index < -0.39 is 0 Å². The summed E-state index contributed by atoms with van der Waals surface area (Å²) in [6, 6.07) is 12.5. The van der Waals surface area contributed by atoms with E-state index in [1.165, 1.54) is 27.8 Å². The summed E-state index contributed by atoms with van der Waals surface area (Å²) in [7, 11) is 0. The highest BCUT2D eigenvalue weighted by Gasteiger charge is 2.11. The van der Waals surface area contributed by atoms with E-state index in [2.05, 4.69) is 61.0 Å². The Kier molecular flexibility index (Phi) is 5.00. The first-order valence-corrected chi connectivity index (χ1v) is 7.74. The van der Waals surface area contributed by atoms with Crippen LogP contribution in [-0.2, 0) is 12.8 Å². The molecule has 2 aromatic carbocycles. The van der Waals surface area contributed by atoms with E-state index in [9.17, 15) is 5.11 Å². The molecule has 2 aromatic rings. The lowest BCUT2D eigenvalue weighted by Crippen LogP contribution is -2.15. The largest absolute Gasteiger partial charge is 0.392 e. The smallest absolute Gasteiger partial charge is 0.0621 e. The molecule has 20 heavy (non-hydrogen) atoms. The Hall–Kier alpha value is -1.12. The number of hydrogen-bond acceptors (Lipinski definition) is 1. The maximum atomic E-state index is 10.3. The van der Waals surface area contributed by atoms with Crippen molar-refractivity contribution in [1.82, 2.24) is 0 Å². The average Bonchev–Trinajstić information content (AvgIpc) is 2.36. The minimum absolute atomic E-state index is 0.337. The summed E-state index contributed by atoms with van der Waals surface area (Å²) in [5.74, 6) is 0. The molecule has 0 aliphatic heterocycles. The number of aliphatic hydroxyl groups excluding tert-OH is 1. The van der Waals surface area contributed by atoms with Crippen molar-refractivity contribution in [2.24, 2.45) is 0 Å². The van der Waals surface area contributed by atoms with E-state index >= 15 is 0 Å². The van der Waals surface area contributed by atoms with Crippen molar-refractivity contribution < 1.29 is 5.11 Å². The summed E-state index contributed by atoms with van der Waals surface area (Å²) >= 11 is 3.43. The van der Waals surface area contributed by atoms with Crippen LogP contribution in [0.25, 0.3) is 0 Å². The van der Waals surface area contributed by atoms with Crippen LogP contribution in [0.1, 0.15) is 27.8 Å². The maximum absolute atomic E-state index is 10.3. The number of halogens is 1. The van der Waals surface area contributed by atoms with Crippen molar-refractivity contribution in [3.8, 4) is 0 Å². The number of aliphatic hydroxyl groups is 1. The molecule has 0 aliphatic carbocycles. The quantitative estimate of drug-likeness (QED) is 0.872. The van der Waals surface area contributed by atoms with Gasteiger partial charge in [0.25, 0.3) is 0 Å². The van der Waals surface area contributed by atoms with Gasteiger partial charge >= 0.3 is 0 Å².